The topological polar surface area (TPSA) is 114 Å². The molecule has 0 aliphatic carbocycles. The lowest BCUT2D eigenvalue weighted by molar-refractivity contribution is 0.131. The number of ether oxygens (including phenoxy) is 1. The lowest BCUT2D eigenvalue weighted by Crippen LogP contribution is -2.49. The van der Waals surface area contributed by atoms with E-state index in [-0.39, 0.29) is 39.3 Å². The van der Waals surface area contributed by atoms with Crippen LogP contribution in [0.4, 0.5) is 16.0 Å². The Kier molecular flexibility index (Phi) is 4.95. The molecule has 2 saturated heterocycles. The normalized spacial score (nSPS) is 21.2. The van der Waals surface area contributed by atoms with Crippen LogP contribution in [-0.4, -0.2) is 48.0 Å². The zero-order valence-corrected chi connectivity index (χ0v) is 16.0. The second kappa shape index (κ2) is 7.27. The predicted octanol–water partition coefficient (Wildman–Crippen LogP) is 2.21. The molecule has 2 aliphatic rings. The number of anilines is 2. The molecule has 7 nitrogen and oxygen atoms in total. The van der Waals surface area contributed by atoms with Crippen molar-refractivity contribution in [1.82, 2.24) is 9.97 Å². The summed E-state index contributed by atoms with van der Waals surface area (Å²) < 4.78 is 19.3. The van der Waals surface area contributed by atoms with E-state index >= 15 is 0 Å². The summed E-state index contributed by atoms with van der Waals surface area (Å²) in [5.74, 6) is 0.175. The summed E-state index contributed by atoms with van der Waals surface area (Å²) in [5, 5.41) is 8.19. The van der Waals surface area contributed by atoms with Crippen molar-refractivity contribution in [3.8, 4) is 0 Å². The van der Waals surface area contributed by atoms with Gasteiger partial charge in [-0.3, -0.25) is 5.41 Å². The average Bonchev–Trinajstić information content (AvgIpc) is 3.04. The molecule has 0 unspecified atom stereocenters. The first-order valence-electron chi connectivity index (χ1n) is 9.15. The van der Waals surface area contributed by atoms with Gasteiger partial charge in [-0.15, -0.1) is 0 Å². The van der Waals surface area contributed by atoms with Crippen LogP contribution in [0.15, 0.2) is 24.4 Å². The first-order chi connectivity index (χ1) is 13.4. The first-order valence-corrected chi connectivity index (χ1v) is 9.53. The monoisotopic (exact) mass is 404 g/mol. The molecule has 148 valence electrons. The second-order valence-electron chi connectivity index (χ2n) is 7.41. The van der Waals surface area contributed by atoms with Crippen molar-refractivity contribution >= 4 is 28.9 Å². The van der Waals surface area contributed by atoms with Crippen LogP contribution >= 0.6 is 11.6 Å². The molecule has 0 amide bonds. The zero-order valence-electron chi connectivity index (χ0n) is 15.3. The fourth-order valence-electron chi connectivity index (χ4n) is 3.93. The van der Waals surface area contributed by atoms with Gasteiger partial charge in [0, 0.05) is 30.1 Å². The van der Waals surface area contributed by atoms with Gasteiger partial charge in [-0.05, 0) is 18.9 Å². The van der Waals surface area contributed by atoms with Gasteiger partial charge >= 0.3 is 0 Å². The van der Waals surface area contributed by atoms with Crippen molar-refractivity contribution in [3.05, 3.63) is 46.5 Å². The minimum atomic E-state index is -0.594. The summed E-state index contributed by atoms with van der Waals surface area (Å²) in [6.07, 6.45) is 3.44. The van der Waals surface area contributed by atoms with Crippen molar-refractivity contribution in [3.63, 3.8) is 0 Å². The average molecular weight is 405 g/mol. The van der Waals surface area contributed by atoms with Crippen LogP contribution in [-0.2, 0) is 4.74 Å². The number of nitrogens with zero attached hydrogens (tertiary/aromatic N) is 3. The molecule has 2 aromatic rings. The van der Waals surface area contributed by atoms with E-state index in [0.717, 1.165) is 25.9 Å². The molecular weight excluding hydrogens is 383 g/mol. The molecule has 1 atom stereocenters. The Morgan fingerprint density at radius 2 is 2.11 bits per heavy atom. The van der Waals surface area contributed by atoms with Crippen LogP contribution in [0.3, 0.4) is 0 Å². The third-order valence-electron chi connectivity index (χ3n) is 5.80. The third-order valence-corrected chi connectivity index (χ3v) is 6.19. The van der Waals surface area contributed by atoms with Crippen molar-refractivity contribution in [2.45, 2.75) is 18.9 Å². The highest BCUT2D eigenvalue weighted by Gasteiger charge is 2.44. The largest absolute Gasteiger partial charge is 0.382 e. The fraction of sp³-hybridized carbons (Fsp3) is 0.421. The van der Waals surface area contributed by atoms with Gasteiger partial charge in [0.25, 0.3) is 0 Å². The maximum atomic E-state index is 13.7. The van der Waals surface area contributed by atoms with E-state index in [9.17, 15) is 4.39 Å². The molecule has 5 N–H and O–H groups in total. The molecule has 2 aliphatic heterocycles. The second-order valence-corrected chi connectivity index (χ2v) is 7.79. The van der Waals surface area contributed by atoms with Crippen LogP contribution in [0.1, 0.15) is 24.1 Å². The molecule has 28 heavy (non-hydrogen) atoms. The lowest BCUT2D eigenvalue weighted by Gasteiger charge is -2.41. The Labute approximate surface area is 167 Å². The van der Waals surface area contributed by atoms with Crippen LogP contribution in [0.25, 0.3) is 0 Å². The van der Waals surface area contributed by atoms with Crippen molar-refractivity contribution in [2.24, 2.45) is 11.1 Å². The van der Waals surface area contributed by atoms with Crippen molar-refractivity contribution in [2.75, 3.05) is 36.9 Å². The number of nitrogens with two attached hydrogens (primary N) is 2. The number of hydrogen-bond donors (Lipinski definition) is 3. The molecule has 0 radical (unpaired) electrons. The molecule has 4 rings (SSSR count). The summed E-state index contributed by atoms with van der Waals surface area (Å²) in [6, 6.07) is 4.36. The summed E-state index contributed by atoms with van der Waals surface area (Å²) in [6.45, 7) is 2.90. The Balaban J connectivity index is 1.52. The maximum Gasteiger partial charge on any atom is 0.154 e. The summed E-state index contributed by atoms with van der Waals surface area (Å²) in [4.78, 5) is 10.9. The van der Waals surface area contributed by atoms with Gasteiger partial charge in [-0.2, -0.15) is 0 Å². The minimum Gasteiger partial charge on any atom is -0.382 e. The smallest absolute Gasteiger partial charge is 0.154 e. The summed E-state index contributed by atoms with van der Waals surface area (Å²) in [5.41, 5.74) is 12.7. The molecule has 0 saturated carbocycles. The SMILES string of the molecule is N=C(c1cccc(F)c1Cl)c1ncc(N2CCC3(CC2)COC[C@H]3N)nc1N. The molecular formula is C19H22ClFN6O. The quantitative estimate of drug-likeness (QED) is 0.676. The van der Waals surface area contributed by atoms with E-state index in [1.54, 1.807) is 12.3 Å². The van der Waals surface area contributed by atoms with Crippen molar-refractivity contribution in [1.29, 1.82) is 5.41 Å². The Morgan fingerprint density at radius 3 is 2.75 bits per heavy atom. The summed E-state index contributed by atoms with van der Waals surface area (Å²) >= 11 is 5.98. The van der Waals surface area contributed by atoms with Gasteiger partial charge in [0.1, 0.15) is 17.3 Å². The van der Waals surface area contributed by atoms with Gasteiger partial charge in [0.2, 0.25) is 0 Å². The number of benzene rings is 1. The highest BCUT2D eigenvalue weighted by molar-refractivity contribution is 6.35. The number of nitrogen functional groups attached to an aromatic ring is 1. The van der Waals surface area contributed by atoms with Gasteiger partial charge in [0.05, 0.1) is 30.1 Å². The Morgan fingerprint density at radius 1 is 1.36 bits per heavy atom. The molecule has 3 heterocycles. The molecule has 1 aromatic heterocycles. The molecule has 0 bridgehead atoms. The van der Waals surface area contributed by atoms with E-state index in [1.807, 2.05) is 0 Å². The first kappa shape index (κ1) is 19.0. The van der Waals surface area contributed by atoms with E-state index in [0.29, 0.717) is 19.0 Å². The molecule has 1 aromatic carbocycles. The van der Waals surface area contributed by atoms with Gasteiger partial charge < -0.3 is 21.1 Å². The Hall–Kier alpha value is -2.29. The van der Waals surface area contributed by atoms with Gasteiger partial charge in [-0.25, -0.2) is 14.4 Å². The Bertz CT molecular complexity index is 915. The summed E-state index contributed by atoms with van der Waals surface area (Å²) in [7, 11) is 0. The number of rotatable bonds is 3. The van der Waals surface area contributed by atoms with E-state index < -0.39 is 5.82 Å². The third kappa shape index (κ3) is 3.21. The van der Waals surface area contributed by atoms with Crippen LogP contribution < -0.4 is 16.4 Å². The highest BCUT2D eigenvalue weighted by atomic mass is 35.5. The minimum absolute atomic E-state index is 0.0473. The lowest BCUT2D eigenvalue weighted by atomic mass is 9.75. The number of aromatic nitrogens is 2. The highest BCUT2D eigenvalue weighted by Crippen LogP contribution is 2.39. The van der Waals surface area contributed by atoms with Gasteiger partial charge in [-0.1, -0.05) is 23.7 Å². The van der Waals surface area contributed by atoms with Gasteiger partial charge in [0.15, 0.2) is 5.82 Å². The molecule has 2 fully saturated rings. The standard InChI is InChI=1S/C19H22ClFN6O/c20-15-11(2-1-3-12(15)21)16(23)17-18(24)26-14(8-25-17)27-6-4-19(5-7-27)10-28-9-13(19)22/h1-3,8,13,23H,4-7,9-10,22H2,(H2,24,26)/t13-/m1/s1. The van der Waals surface area contributed by atoms with Crippen LogP contribution in [0.5, 0.6) is 0 Å². The van der Waals surface area contributed by atoms with E-state index in [2.05, 4.69) is 14.9 Å². The zero-order chi connectivity index (χ0) is 19.9. The fourth-order valence-corrected chi connectivity index (χ4v) is 4.15. The predicted molar refractivity (Wildman–Crippen MR) is 106 cm³/mol. The van der Waals surface area contributed by atoms with E-state index in [1.165, 1.54) is 12.1 Å². The number of halogens is 2. The number of nitrogens with one attached hydrogen (secondary N) is 1. The van der Waals surface area contributed by atoms with Crippen LogP contribution in [0.2, 0.25) is 5.02 Å². The van der Waals surface area contributed by atoms with Crippen LogP contribution in [0, 0.1) is 16.6 Å². The number of hydrogen-bond acceptors (Lipinski definition) is 7. The van der Waals surface area contributed by atoms with Crippen molar-refractivity contribution < 1.29 is 9.13 Å². The molecule has 1 spiro atoms. The van der Waals surface area contributed by atoms with E-state index in [4.69, 9.17) is 33.2 Å². The maximum absolute atomic E-state index is 13.7. The molecule has 9 heteroatoms. The number of piperidine rings is 1.